The minimum atomic E-state index is -0.336. The summed E-state index contributed by atoms with van der Waals surface area (Å²) in [4.78, 5) is 0. The number of benzene rings is 1. The Hall–Kier alpha value is -0.600. The Kier molecular flexibility index (Phi) is 4.86. The Morgan fingerprint density at radius 3 is 2.58 bits per heavy atom. The second kappa shape index (κ2) is 6.23. The fraction of sp³-hybridized carbons (Fsp3) is 0.625. The standard InChI is InChI=1S/C16H23ClFN/c1-3-16(8-4-5-9-16)15(19-2)11-12-6-7-14(18)13(17)10-12/h6-7,10,15,19H,3-5,8-9,11H2,1-2H3. The van der Waals surface area contributed by atoms with E-state index >= 15 is 0 Å². The van der Waals surface area contributed by atoms with E-state index in [4.69, 9.17) is 11.6 Å². The quantitative estimate of drug-likeness (QED) is 0.834. The van der Waals surface area contributed by atoms with Crippen molar-refractivity contribution in [3.05, 3.63) is 34.6 Å². The van der Waals surface area contributed by atoms with Gasteiger partial charge in [-0.3, -0.25) is 0 Å². The molecule has 1 aliphatic rings. The van der Waals surface area contributed by atoms with Gasteiger partial charge in [0.1, 0.15) is 5.82 Å². The number of hydrogen-bond acceptors (Lipinski definition) is 1. The van der Waals surface area contributed by atoms with E-state index in [1.165, 1.54) is 38.2 Å². The normalized spacial score (nSPS) is 19.6. The molecular weight excluding hydrogens is 261 g/mol. The van der Waals surface area contributed by atoms with Gasteiger partial charge in [-0.05, 0) is 55.8 Å². The maximum absolute atomic E-state index is 13.2. The van der Waals surface area contributed by atoms with Crippen LogP contribution in [0.3, 0.4) is 0 Å². The molecule has 0 aliphatic heterocycles. The summed E-state index contributed by atoms with van der Waals surface area (Å²) in [6.07, 6.45) is 7.37. The van der Waals surface area contributed by atoms with Crippen molar-refractivity contribution in [2.75, 3.05) is 7.05 Å². The fourth-order valence-corrected chi connectivity index (χ4v) is 3.76. The SMILES string of the molecule is CCC1(C(Cc2ccc(F)c(Cl)c2)NC)CCCC1. The van der Waals surface area contributed by atoms with Gasteiger partial charge in [0, 0.05) is 6.04 Å². The third kappa shape index (κ3) is 3.11. The summed E-state index contributed by atoms with van der Waals surface area (Å²) >= 11 is 5.87. The molecule has 0 amide bonds. The van der Waals surface area contributed by atoms with Gasteiger partial charge in [-0.2, -0.15) is 0 Å². The Bertz CT molecular complexity index is 427. The summed E-state index contributed by atoms with van der Waals surface area (Å²) in [5.41, 5.74) is 1.51. The van der Waals surface area contributed by atoms with Crippen molar-refractivity contribution >= 4 is 11.6 Å². The zero-order valence-corrected chi connectivity index (χ0v) is 12.6. The smallest absolute Gasteiger partial charge is 0.141 e. The van der Waals surface area contributed by atoms with Crippen molar-refractivity contribution in [1.82, 2.24) is 5.32 Å². The number of likely N-dealkylation sites (N-methyl/N-ethyl adjacent to an activating group) is 1. The average molecular weight is 284 g/mol. The molecule has 1 saturated carbocycles. The van der Waals surface area contributed by atoms with E-state index in [1.807, 2.05) is 13.1 Å². The summed E-state index contributed by atoms with van der Waals surface area (Å²) < 4.78 is 13.2. The molecule has 0 aromatic heterocycles. The minimum Gasteiger partial charge on any atom is -0.316 e. The monoisotopic (exact) mass is 283 g/mol. The minimum absolute atomic E-state index is 0.226. The molecule has 19 heavy (non-hydrogen) atoms. The maximum atomic E-state index is 13.2. The molecule has 1 aromatic carbocycles. The lowest BCUT2D eigenvalue weighted by molar-refractivity contribution is 0.192. The van der Waals surface area contributed by atoms with Crippen LogP contribution in [0.15, 0.2) is 18.2 Å². The van der Waals surface area contributed by atoms with Gasteiger partial charge < -0.3 is 5.32 Å². The van der Waals surface area contributed by atoms with Crippen LogP contribution < -0.4 is 5.32 Å². The van der Waals surface area contributed by atoms with Crippen LogP contribution in [0, 0.1) is 11.2 Å². The van der Waals surface area contributed by atoms with E-state index in [0.29, 0.717) is 11.5 Å². The van der Waals surface area contributed by atoms with Crippen molar-refractivity contribution in [1.29, 1.82) is 0 Å². The summed E-state index contributed by atoms with van der Waals surface area (Å²) in [6, 6.07) is 5.53. The molecule has 1 atom stereocenters. The highest BCUT2D eigenvalue weighted by molar-refractivity contribution is 6.30. The highest BCUT2D eigenvalue weighted by atomic mass is 35.5. The zero-order valence-electron chi connectivity index (χ0n) is 11.8. The second-order valence-corrected chi connectivity index (χ2v) is 6.12. The van der Waals surface area contributed by atoms with E-state index in [0.717, 1.165) is 12.0 Å². The van der Waals surface area contributed by atoms with Gasteiger partial charge in [-0.15, -0.1) is 0 Å². The second-order valence-electron chi connectivity index (χ2n) is 5.72. The van der Waals surface area contributed by atoms with Gasteiger partial charge in [0.15, 0.2) is 0 Å². The first-order valence-electron chi connectivity index (χ1n) is 7.22. The molecule has 1 aliphatic carbocycles. The van der Waals surface area contributed by atoms with Crippen LogP contribution in [-0.2, 0) is 6.42 Å². The first-order valence-corrected chi connectivity index (χ1v) is 7.60. The van der Waals surface area contributed by atoms with Gasteiger partial charge in [0.2, 0.25) is 0 Å². The van der Waals surface area contributed by atoms with Crippen molar-refractivity contribution < 1.29 is 4.39 Å². The van der Waals surface area contributed by atoms with E-state index in [9.17, 15) is 4.39 Å². The molecule has 1 aromatic rings. The molecule has 1 N–H and O–H groups in total. The molecule has 0 saturated heterocycles. The first kappa shape index (κ1) is 14.8. The van der Waals surface area contributed by atoms with Gasteiger partial charge in [0.25, 0.3) is 0 Å². The van der Waals surface area contributed by atoms with Crippen molar-refractivity contribution in [2.24, 2.45) is 5.41 Å². The van der Waals surface area contributed by atoms with Crippen molar-refractivity contribution in [3.63, 3.8) is 0 Å². The highest BCUT2D eigenvalue weighted by Crippen LogP contribution is 2.44. The number of rotatable bonds is 5. The summed E-state index contributed by atoms with van der Waals surface area (Å²) in [5.74, 6) is -0.336. The van der Waals surface area contributed by atoms with E-state index in [2.05, 4.69) is 12.2 Å². The molecule has 1 fully saturated rings. The summed E-state index contributed by atoms with van der Waals surface area (Å²) in [6.45, 7) is 2.29. The Labute approximate surface area is 120 Å². The molecule has 0 bridgehead atoms. The summed E-state index contributed by atoms with van der Waals surface area (Å²) in [7, 11) is 2.03. The molecule has 1 unspecified atom stereocenters. The van der Waals surface area contributed by atoms with Gasteiger partial charge in [0.05, 0.1) is 5.02 Å². The lowest BCUT2D eigenvalue weighted by atomic mass is 9.74. The zero-order chi connectivity index (χ0) is 13.9. The Balaban J connectivity index is 2.16. The first-order chi connectivity index (χ1) is 9.11. The Morgan fingerprint density at radius 1 is 1.37 bits per heavy atom. The van der Waals surface area contributed by atoms with Crippen LogP contribution >= 0.6 is 11.6 Å². The van der Waals surface area contributed by atoms with E-state index < -0.39 is 0 Å². The molecule has 3 heteroatoms. The van der Waals surface area contributed by atoms with Crippen LogP contribution in [0.25, 0.3) is 0 Å². The van der Waals surface area contributed by atoms with Crippen LogP contribution in [0.4, 0.5) is 4.39 Å². The van der Waals surface area contributed by atoms with Crippen LogP contribution in [0.1, 0.15) is 44.6 Å². The third-order valence-electron chi connectivity index (χ3n) is 4.81. The largest absolute Gasteiger partial charge is 0.316 e. The number of nitrogens with one attached hydrogen (secondary N) is 1. The highest BCUT2D eigenvalue weighted by Gasteiger charge is 2.38. The van der Waals surface area contributed by atoms with Gasteiger partial charge in [-0.25, -0.2) is 4.39 Å². The van der Waals surface area contributed by atoms with Crippen LogP contribution in [-0.4, -0.2) is 13.1 Å². The topological polar surface area (TPSA) is 12.0 Å². The lowest BCUT2D eigenvalue weighted by Crippen LogP contribution is -2.43. The predicted octanol–water partition coefficient (Wildman–Crippen LogP) is 4.58. The molecule has 2 rings (SSSR count). The number of hydrogen-bond donors (Lipinski definition) is 1. The van der Waals surface area contributed by atoms with E-state index in [1.54, 1.807) is 6.07 Å². The van der Waals surface area contributed by atoms with Gasteiger partial charge >= 0.3 is 0 Å². The van der Waals surface area contributed by atoms with Gasteiger partial charge in [-0.1, -0.05) is 37.4 Å². The number of halogens is 2. The van der Waals surface area contributed by atoms with Crippen LogP contribution in [0.5, 0.6) is 0 Å². The van der Waals surface area contributed by atoms with Crippen molar-refractivity contribution in [3.8, 4) is 0 Å². The lowest BCUT2D eigenvalue weighted by Gasteiger charge is -2.37. The molecule has 0 radical (unpaired) electrons. The maximum Gasteiger partial charge on any atom is 0.141 e. The van der Waals surface area contributed by atoms with Crippen molar-refractivity contribution in [2.45, 2.75) is 51.5 Å². The Morgan fingerprint density at radius 2 is 2.05 bits per heavy atom. The molecule has 106 valence electrons. The fourth-order valence-electron chi connectivity index (χ4n) is 3.55. The van der Waals surface area contributed by atoms with Crippen LogP contribution in [0.2, 0.25) is 5.02 Å². The summed E-state index contributed by atoms with van der Waals surface area (Å²) in [5, 5.41) is 3.71. The third-order valence-corrected chi connectivity index (χ3v) is 5.10. The van der Waals surface area contributed by atoms with E-state index in [-0.39, 0.29) is 10.8 Å². The molecule has 0 heterocycles. The molecule has 0 spiro atoms. The molecule has 1 nitrogen and oxygen atoms in total. The average Bonchev–Trinajstić information content (AvgIpc) is 2.90. The molecular formula is C16H23ClFN. The predicted molar refractivity (Wildman–Crippen MR) is 79.2 cm³/mol.